The number of nitrogens with zero attached hydrogens (tertiary/aromatic N) is 4. The van der Waals surface area contributed by atoms with Crippen molar-refractivity contribution in [3.63, 3.8) is 0 Å². The highest BCUT2D eigenvalue weighted by molar-refractivity contribution is 5.25. The number of hydrogen-bond donors (Lipinski definition) is 2. The van der Waals surface area contributed by atoms with Gasteiger partial charge in [0.2, 0.25) is 5.95 Å². The number of rotatable bonds is 6. The van der Waals surface area contributed by atoms with E-state index in [1.165, 1.54) is 18.4 Å². The summed E-state index contributed by atoms with van der Waals surface area (Å²) in [6.45, 7) is 6.96. The molecule has 2 N–H and O–H groups in total. The molecule has 3 saturated heterocycles. The van der Waals surface area contributed by atoms with Gasteiger partial charge in [0.1, 0.15) is 0 Å². The number of likely N-dealkylation sites (tertiary alicyclic amines) is 2. The molecule has 0 aromatic carbocycles. The zero-order valence-corrected chi connectivity index (χ0v) is 16.2. The summed E-state index contributed by atoms with van der Waals surface area (Å²) in [5.41, 5.74) is 1.18. The van der Waals surface area contributed by atoms with Crippen molar-refractivity contribution in [1.29, 1.82) is 0 Å². The standard InChI is InChI=1S/C20H33N5O2/c26-18-5-9-25(10-6-18)17-3-7-24(8-4-17)15-16-12-21-20(22-13-16)23-14-19-2-1-11-27-19/h12-13,17-19,26H,1-11,14-15H2,(H,21,22,23). The second-order valence-electron chi connectivity index (χ2n) is 8.21. The normalized spacial score (nSPS) is 26.5. The van der Waals surface area contributed by atoms with Gasteiger partial charge in [0.05, 0.1) is 12.2 Å². The zero-order chi connectivity index (χ0) is 18.5. The van der Waals surface area contributed by atoms with E-state index >= 15 is 0 Å². The lowest BCUT2D eigenvalue weighted by Crippen LogP contribution is -2.48. The monoisotopic (exact) mass is 375 g/mol. The van der Waals surface area contributed by atoms with E-state index in [-0.39, 0.29) is 6.10 Å². The fraction of sp³-hybridized carbons (Fsp3) is 0.800. The number of hydrogen-bond acceptors (Lipinski definition) is 7. The summed E-state index contributed by atoms with van der Waals surface area (Å²) in [6, 6.07) is 0.689. The predicted molar refractivity (Wildman–Crippen MR) is 105 cm³/mol. The lowest BCUT2D eigenvalue weighted by molar-refractivity contribution is 0.0375. The Kier molecular flexibility index (Phi) is 6.55. The molecule has 0 amide bonds. The minimum absolute atomic E-state index is 0.0792. The van der Waals surface area contributed by atoms with Crippen molar-refractivity contribution >= 4 is 5.95 Å². The lowest BCUT2D eigenvalue weighted by atomic mass is 9.99. The third-order valence-corrected chi connectivity index (χ3v) is 6.20. The van der Waals surface area contributed by atoms with Crippen LogP contribution in [-0.4, -0.2) is 82.5 Å². The van der Waals surface area contributed by atoms with E-state index in [0.717, 1.165) is 71.6 Å². The summed E-state index contributed by atoms with van der Waals surface area (Å²) in [5.74, 6) is 0.695. The quantitative estimate of drug-likeness (QED) is 0.780. The van der Waals surface area contributed by atoms with Crippen LogP contribution in [0.2, 0.25) is 0 Å². The average Bonchev–Trinajstić information content (AvgIpc) is 3.22. The van der Waals surface area contributed by atoms with Gasteiger partial charge in [0.25, 0.3) is 0 Å². The van der Waals surface area contributed by atoms with Crippen LogP contribution in [0.1, 0.15) is 44.1 Å². The molecule has 3 fully saturated rings. The Labute approximate surface area is 162 Å². The SMILES string of the molecule is OC1CCN(C2CCN(Cc3cnc(NCC4CCCO4)nc3)CC2)CC1. The molecule has 150 valence electrons. The third-order valence-electron chi connectivity index (χ3n) is 6.20. The highest BCUT2D eigenvalue weighted by atomic mass is 16.5. The van der Waals surface area contributed by atoms with E-state index in [1.54, 1.807) is 0 Å². The average molecular weight is 376 g/mol. The molecule has 0 bridgehead atoms. The molecule has 1 aromatic rings. The molecule has 4 heterocycles. The lowest BCUT2D eigenvalue weighted by Gasteiger charge is -2.41. The van der Waals surface area contributed by atoms with Crippen LogP contribution >= 0.6 is 0 Å². The highest BCUT2D eigenvalue weighted by Gasteiger charge is 2.27. The van der Waals surface area contributed by atoms with Gasteiger partial charge in [0.15, 0.2) is 0 Å². The molecule has 1 atom stereocenters. The number of nitrogens with one attached hydrogen (secondary N) is 1. The van der Waals surface area contributed by atoms with Gasteiger partial charge in [-0.15, -0.1) is 0 Å². The number of anilines is 1. The summed E-state index contributed by atoms with van der Waals surface area (Å²) < 4.78 is 5.62. The predicted octanol–water partition coefficient (Wildman–Crippen LogP) is 1.49. The van der Waals surface area contributed by atoms with Crippen LogP contribution in [0.15, 0.2) is 12.4 Å². The summed E-state index contributed by atoms with van der Waals surface area (Å²) in [6.07, 6.45) is 10.7. The largest absolute Gasteiger partial charge is 0.393 e. The maximum absolute atomic E-state index is 9.68. The molecular formula is C20H33N5O2. The number of aliphatic hydroxyl groups is 1. The second-order valence-corrected chi connectivity index (χ2v) is 8.21. The molecule has 1 aromatic heterocycles. The Morgan fingerprint density at radius 1 is 1.04 bits per heavy atom. The van der Waals surface area contributed by atoms with Gasteiger partial charge in [-0.1, -0.05) is 0 Å². The van der Waals surface area contributed by atoms with Crippen LogP contribution in [0.25, 0.3) is 0 Å². The van der Waals surface area contributed by atoms with Crippen LogP contribution < -0.4 is 5.32 Å². The van der Waals surface area contributed by atoms with Crippen LogP contribution in [0.5, 0.6) is 0 Å². The first-order valence-corrected chi connectivity index (χ1v) is 10.6. The van der Waals surface area contributed by atoms with Crippen molar-refractivity contribution in [3.05, 3.63) is 18.0 Å². The molecule has 27 heavy (non-hydrogen) atoms. The minimum atomic E-state index is -0.0792. The molecule has 3 aliphatic rings. The van der Waals surface area contributed by atoms with E-state index in [4.69, 9.17) is 4.74 Å². The smallest absolute Gasteiger partial charge is 0.222 e. The fourth-order valence-corrected chi connectivity index (χ4v) is 4.49. The third kappa shape index (κ3) is 5.38. The summed E-state index contributed by atoms with van der Waals surface area (Å²) >= 11 is 0. The number of ether oxygens (including phenoxy) is 1. The molecule has 0 saturated carbocycles. The van der Waals surface area contributed by atoms with Crippen molar-refractivity contribution in [2.45, 2.75) is 63.3 Å². The van der Waals surface area contributed by atoms with Gasteiger partial charge in [-0.25, -0.2) is 9.97 Å². The van der Waals surface area contributed by atoms with E-state index < -0.39 is 0 Å². The summed E-state index contributed by atoms with van der Waals surface area (Å²) in [7, 11) is 0. The molecule has 0 aliphatic carbocycles. The van der Waals surface area contributed by atoms with Crippen molar-refractivity contribution in [1.82, 2.24) is 19.8 Å². The van der Waals surface area contributed by atoms with Gasteiger partial charge >= 0.3 is 0 Å². The Morgan fingerprint density at radius 3 is 2.44 bits per heavy atom. The highest BCUT2D eigenvalue weighted by Crippen LogP contribution is 2.22. The van der Waals surface area contributed by atoms with Gasteiger partial charge in [-0.2, -0.15) is 0 Å². The maximum Gasteiger partial charge on any atom is 0.222 e. The molecule has 1 unspecified atom stereocenters. The Balaban J connectivity index is 1.18. The van der Waals surface area contributed by atoms with Crippen LogP contribution in [0, 0.1) is 0 Å². The van der Waals surface area contributed by atoms with Gasteiger partial charge in [-0.3, -0.25) is 4.90 Å². The van der Waals surface area contributed by atoms with Crippen LogP contribution in [0.3, 0.4) is 0 Å². The zero-order valence-electron chi connectivity index (χ0n) is 16.2. The molecule has 0 radical (unpaired) electrons. The van der Waals surface area contributed by atoms with Crippen molar-refractivity contribution < 1.29 is 9.84 Å². The topological polar surface area (TPSA) is 73.8 Å². The van der Waals surface area contributed by atoms with Gasteiger partial charge < -0.3 is 20.1 Å². The molecule has 7 heteroatoms. The van der Waals surface area contributed by atoms with Crippen LogP contribution in [0.4, 0.5) is 5.95 Å². The van der Waals surface area contributed by atoms with E-state index in [2.05, 4.69) is 25.1 Å². The number of aliphatic hydroxyl groups excluding tert-OH is 1. The maximum atomic E-state index is 9.68. The van der Waals surface area contributed by atoms with E-state index in [1.807, 2.05) is 12.4 Å². The van der Waals surface area contributed by atoms with Crippen LogP contribution in [-0.2, 0) is 11.3 Å². The molecule has 0 spiro atoms. The van der Waals surface area contributed by atoms with E-state index in [9.17, 15) is 5.11 Å². The minimum Gasteiger partial charge on any atom is -0.393 e. The molecule has 3 aliphatic heterocycles. The first kappa shape index (κ1) is 19.1. The van der Waals surface area contributed by atoms with Crippen molar-refractivity contribution in [3.8, 4) is 0 Å². The first-order chi connectivity index (χ1) is 13.3. The number of piperidine rings is 2. The summed E-state index contributed by atoms with van der Waals surface area (Å²) in [4.78, 5) is 14.0. The fourth-order valence-electron chi connectivity index (χ4n) is 4.49. The van der Waals surface area contributed by atoms with Gasteiger partial charge in [-0.05, 0) is 51.6 Å². The molecule has 4 rings (SSSR count). The number of aromatic nitrogens is 2. The van der Waals surface area contributed by atoms with Crippen molar-refractivity contribution in [2.75, 3.05) is 44.6 Å². The Hall–Kier alpha value is -1.28. The second kappa shape index (κ2) is 9.28. The Morgan fingerprint density at radius 2 is 1.78 bits per heavy atom. The molecule has 7 nitrogen and oxygen atoms in total. The first-order valence-electron chi connectivity index (χ1n) is 10.6. The summed E-state index contributed by atoms with van der Waals surface area (Å²) in [5, 5.41) is 13.0. The van der Waals surface area contributed by atoms with E-state index in [0.29, 0.717) is 18.1 Å². The van der Waals surface area contributed by atoms with Gasteiger partial charge in [0, 0.05) is 56.8 Å². The van der Waals surface area contributed by atoms with Crippen molar-refractivity contribution in [2.24, 2.45) is 0 Å². The molecular weight excluding hydrogens is 342 g/mol. The Bertz CT molecular complexity index is 562.